The molecular formula is C10H16O4. The van der Waals surface area contributed by atoms with E-state index < -0.39 is 5.97 Å². The fourth-order valence-corrected chi connectivity index (χ4v) is 0.330. The maximum absolute atomic E-state index is 10.5. The number of carbonyl (C=O) groups is 1. The van der Waals surface area contributed by atoms with E-state index in [4.69, 9.17) is 5.11 Å². The number of hydrogen-bond donors (Lipinski definition) is 1. The Morgan fingerprint density at radius 1 is 1.43 bits per heavy atom. The molecule has 4 nitrogen and oxygen atoms in total. The molecule has 80 valence electrons. The van der Waals surface area contributed by atoms with E-state index in [-0.39, 0.29) is 13.2 Å². The minimum absolute atomic E-state index is 0.0473. The van der Waals surface area contributed by atoms with Gasteiger partial charge in [0.05, 0.1) is 19.1 Å². The number of esters is 1. The number of aliphatic hydroxyl groups excluding tert-OH is 1. The standard InChI is InChI=1S/C6H10O3.C4H6O/c1-5(2)6(8)9-4-3-7;1-3-5-4-2/h7H,1,3-4H2,2H3;3-4H,1-2H2. The van der Waals surface area contributed by atoms with E-state index in [0.29, 0.717) is 5.57 Å². The van der Waals surface area contributed by atoms with Crippen molar-refractivity contribution in [2.45, 2.75) is 6.92 Å². The van der Waals surface area contributed by atoms with E-state index in [1.165, 1.54) is 12.5 Å². The van der Waals surface area contributed by atoms with Gasteiger partial charge in [0, 0.05) is 5.57 Å². The fourth-order valence-electron chi connectivity index (χ4n) is 0.330. The predicted octanol–water partition coefficient (Wildman–Crippen LogP) is 1.39. The van der Waals surface area contributed by atoms with Crippen molar-refractivity contribution >= 4 is 5.97 Å². The molecule has 0 aliphatic rings. The molecule has 0 fully saturated rings. The van der Waals surface area contributed by atoms with Gasteiger partial charge in [0.25, 0.3) is 0 Å². The zero-order chi connectivity index (χ0) is 11.4. The molecule has 4 heteroatoms. The maximum Gasteiger partial charge on any atom is 0.333 e. The van der Waals surface area contributed by atoms with Crippen LogP contribution in [0.2, 0.25) is 0 Å². The highest BCUT2D eigenvalue weighted by atomic mass is 16.5. The highest BCUT2D eigenvalue weighted by Gasteiger charge is 1.99. The van der Waals surface area contributed by atoms with E-state index in [1.54, 1.807) is 6.92 Å². The summed E-state index contributed by atoms with van der Waals surface area (Å²) < 4.78 is 8.83. The topological polar surface area (TPSA) is 55.8 Å². The summed E-state index contributed by atoms with van der Waals surface area (Å²) in [5, 5.41) is 8.19. The van der Waals surface area contributed by atoms with Crippen molar-refractivity contribution in [3.63, 3.8) is 0 Å². The summed E-state index contributed by atoms with van der Waals surface area (Å²) in [6, 6.07) is 0. The van der Waals surface area contributed by atoms with Crippen LogP contribution in [0, 0.1) is 0 Å². The molecule has 0 aromatic rings. The molecule has 14 heavy (non-hydrogen) atoms. The monoisotopic (exact) mass is 200 g/mol. The van der Waals surface area contributed by atoms with E-state index in [9.17, 15) is 4.79 Å². The molecule has 0 rings (SSSR count). The Kier molecular flexibility index (Phi) is 12.2. The number of carbonyl (C=O) groups excluding carboxylic acids is 1. The summed E-state index contributed by atoms with van der Waals surface area (Å²) in [4.78, 5) is 10.5. The average molecular weight is 200 g/mol. The molecule has 0 aromatic carbocycles. The number of ether oxygens (including phenoxy) is 2. The lowest BCUT2D eigenvalue weighted by Crippen LogP contribution is -2.08. The third-order valence-corrected chi connectivity index (χ3v) is 0.865. The van der Waals surface area contributed by atoms with Gasteiger partial charge in [0.15, 0.2) is 0 Å². The first-order valence-corrected chi connectivity index (χ1v) is 3.90. The average Bonchev–Trinajstić information content (AvgIpc) is 2.16. The Balaban J connectivity index is 0. The number of aliphatic hydroxyl groups is 1. The van der Waals surface area contributed by atoms with Crippen LogP contribution in [0.25, 0.3) is 0 Å². The molecule has 0 aliphatic carbocycles. The first kappa shape index (κ1) is 14.9. The normalized spacial score (nSPS) is 7.57. The van der Waals surface area contributed by atoms with Crippen LogP contribution in [-0.4, -0.2) is 24.3 Å². The van der Waals surface area contributed by atoms with Gasteiger partial charge in [-0.1, -0.05) is 19.7 Å². The van der Waals surface area contributed by atoms with Gasteiger partial charge in [0.2, 0.25) is 0 Å². The molecule has 0 amide bonds. The molecule has 0 radical (unpaired) electrons. The molecule has 0 aromatic heterocycles. The lowest BCUT2D eigenvalue weighted by Gasteiger charge is -1.99. The number of rotatable bonds is 5. The van der Waals surface area contributed by atoms with Crippen molar-refractivity contribution in [2.75, 3.05) is 13.2 Å². The molecule has 0 saturated carbocycles. The second-order valence-electron chi connectivity index (χ2n) is 2.11. The molecule has 0 spiro atoms. The Morgan fingerprint density at radius 3 is 2.14 bits per heavy atom. The van der Waals surface area contributed by atoms with Crippen molar-refractivity contribution in [1.82, 2.24) is 0 Å². The zero-order valence-electron chi connectivity index (χ0n) is 8.36. The Bertz CT molecular complexity index is 190. The highest BCUT2D eigenvalue weighted by molar-refractivity contribution is 5.86. The Hall–Kier alpha value is -1.55. The lowest BCUT2D eigenvalue weighted by molar-refractivity contribution is -0.139. The van der Waals surface area contributed by atoms with E-state index in [1.807, 2.05) is 0 Å². The second kappa shape index (κ2) is 11.4. The van der Waals surface area contributed by atoms with Crippen LogP contribution >= 0.6 is 0 Å². The first-order valence-electron chi connectivity index (χ1n) is 3.90. The zero-order valence-corrected chi connectivity index (χ0v) is 8.36. The summed E-state index contributed by atoms with van der Waals surface area (Å²) in [5.74, 6) is -0.455. The van der Waals surface area contributed by atoms with E-state index >= 15 is 0 Å². The predicted molar refractivity (Wildman–Crippen MR) is 54.3 cm³/mol. The molecule has 1 N–H and O–H groups in total. The van der Waals surface area contributed by atoms with Crippen LogP contribution in [-0.2, 0) is 14.3 Å². The largest absolute Gasteiger partial charge is 0.474 e. The molecule has 0 aliphatic heterocycles. The smallest absolute Gasteiger partial charge is 0.333 e. The van der Waals surface area contributed by atoms with Crippen LogP contribution in [0.3, 0.4) is 0 Å². The van der Waals surface area contributed by atoms with Gasteiger partial charge in [-0.15, -0.1) is 0 Å². The molecule has 0 atom stereocenters. The van der Waals surface area contributed by atoms with Crippen LogP contribution in [0.15, 0.2) is 37.8 Å². The van der Waals surface area contributed by atoms with Crippen LogP contribution < -0.4 is 0 Å². The van der Waals surface area contributed by atoms with Crippen LogP contribution in [0.5, 0.6) is 0 Å². The summed E-state index contributed by atoms with van der Waals surface area (Å²) in [7, 11) is 0. The molecule has 0 heterocycles. The Morgan fingerprint density at radius 2 is 1.93 bits per heavy atom. The molecule has 0 saturated heterocycles. The third kappa shape index (κ3) is 13.1. The van der Waals surface area contributed by atoms with Gasteiger partial charge in [-0.05, 0) is 6.92 Å². The number of hydrogen-bond acceptors (Lipinski definition) is 4. The maximum atomic E-state index is 10.5. The summed E-state index contributed by atoms with van der Waals surface area (Å²) >= 11 is 0. The summed E-state index contributed by atoms with van der Waals surface area (Å²) in [6.45, 7) is 11.3. The SMILES string of the molecule is C=C(C)C(=O)OCCO.C=COC=C. The first-order chi connectivity index (χ1) is 6.59. The minimum Gasteiger partial charge on any atom is -0.474 e. The van der Waals surface area contributed by atoms with E-state index in [0.717, 1.165) is 0 Å². The molecule has 0 bridgehead atoms. The van der Waals surface area contributed by atoms with E-state index in [2.05, 4.69) is 29.2 Å². The fraction of sp³-hybridized carbons (Fsp3) is 0.300. The molecular weight excluding hydrogens is 184 g/mol. The van der Waals surface area contributed by atoms with Gasteiger partial charge in [0.1, 0.15) is 6.61 Å². The Labute approximate surface area is 84.1 Å². The minimum atomic E-state index is -0.455. The van der Waals surface area contributed by atoms with Crippen molar-refractivity contribution in [3.05, 3.63) is 37.8 Å². The van der Waals surface area contributed by atoms with Crippen molar-refractivity contribution in [1.29, 1.82) is 0 Å². The third-order valence-electron chi connectivity index (χ3n) is 0.865. The quantitative estimate of drug-likeness (QED) is 0.414. The molecule has 0 unspecified atom stereocenters. The van der Waals surface area contributed by atoms with Gasteiger partial charge in [-0.3, -0.25) is 0 Å². The lowest BCUT2D eigenvalue weighted by atomic mass is 10.4. The van der Waals surface area contributed by atoms with Gasteiger partial charge in [-0.25, -0.2) is 4.79 Å². The highest BCUT2D eigenvalue weighted by Crippen LogP contribution is 1.89. The van der Waals surface area contributed by atoms with Gasteiger partial charge in [-0.2, -0.15) is 0 Å². The van der Waals surface area contributed by atoms with Gasteiger partial charge < -0.3 is 14.6 Å². The summed E-state index contributed by atoms with van der Waals surface area (Å²) in [5.41, 5.74) is 0.350. The summed E-state index contributed by atoms with van der Waals surface area (Å²) in [6.07, 6.45) is 2.62. The van der Waals surface area contributed by atoms with Crippen LogP contribution in [0.4, 0.5) is 0 Å². The second-order valence-corrected chi connectivity index (χ2v) is 2.11. The van der Waals surface area contributed by atoms with Gasteiger partial charge >= 0.3 is 5.97 Å². The van der Waals surface area contributed by atoms with Crippen molar-refractivity contribution in [3.8, 4) is 0 Å². The van der Waals surface area contributed by atoms with Crippen molar-refractivity contribution in [2.24, 2.45) is 0 Å². The van der Waals surface area contributed by atoms with Crippen LogP contribution in [0.1, 0.15) is 6.92 Å². The van der Waals surface area contributed by atoms with Crippen molar-refractivity contribution < 1.29 is 19.4 Å².